The van der Waals surface area contributed by atoms with E-state index in [-0.39, 0.29) is 17.7 Å². The van der Waals surface area contributed by atoms with Crippen LogP contribution in [-0.2, 0) is 4.79 Å². The van der Waals surface area contributed by atoms with Gasteiger partial charge in [0.25, 0.3) is 5.91 Å². The lowest BCUT2D eigenvalue weighted by Crippen LogP contribution is -2.28. The van der Waals surface area contributed by atoms with Crippen LogP contribution in [0.5, 0.6) is 0 Å². The second kappa shape index (κ2) is 7.40. The smallest absolute Gasteiger partial charge is 0.253 e. The van der Waals surface area contributed by atoms with E-state index in [4.69, 9.17) is 8.83 Å². The van der Waals surface area contributed by atoms with Crippen molar-refractivity contribution in [1.82, 2.24) is 5.01 Å². The highest BCUT2D eigenvalue weighted by Gasteiger charge is 2.35. The van der Waals surface area contributed by atoms with Gasteiger partial charge in [-0.15, -0.1) is 11.8 Å². The van der Waals surface area contributed by atoms with Gasteiger partial charge >= 0.3 is 0 Å². The lowest BCUT2D eigenvalue weighted by Gasteiger charge is -2.19. The molecule has 1 atom stereocenters. The highest BCUT2D eigenvalue weighted by Crippen LogP contribution is 2.34. The summed E-state index contributed by atoms with van der Waals surface area (Å²) < 4.78 is 37.2. The van der Waals surface area contributed by atoms with Gasteiger partial charge in [-0.25, -0.2) is 13.8 Å². The minimum Gasteiger partial charge on any atom is -0.467 e. The molecular weight excluding hydrogens is 374 g/mol. The molecule has 0 saturated carbocycles. The molecule has 0 bridgehead atoms. The first-order valence-electron chi connectivity index (χ1n) is 8.16. The number of amides is 1. The van der Waals surface area contributed by atoms with Crippen LogP contribution in [0.2, 0.25) is 0 Å². The molecule has 1 amide bonds. The molecule has 0 aliphatic carbocycles. The molecule has 5 nitrogen and oxygen atoms in total. The van der Waals surface area contributed by atoms with Gasteiger partial charge < -0.3 is 8.83 Å². The normalized spacial score (nSPS) is 16.6. The number of hydrazone groups is 1. The molecule has 138 valence electrons. The standard InChI is InChI=1S/C19H14F2N2O3S/c20-13-6-5-12(9-14(13)21)27-11-19(24)23-16(18-4-2-8-26-18)10-15(22-23)17-3-1-7-25-17/h1-9,16H,10-11H2. The number of rotatable bonds is 5. The first kappa shape index (κ1) is 17.5. The van der Waals surface area contributed by atoms with Crippen LogP contribution in [0.3, 0.4) is 0 Å². The summed E-state index contributed by atoms with van der Waals surface area (Å²) in [6, 6.07) is 10.2. The van der Waals surface area contributed by atoms with Crippen molar-refractivity contribution in [3.8, 4) is 0 Å². The maximum absolute atomic E-state index is 13.3. The van der Waals surface area contributed by atoms with Crippen LogP contribution in [-0.4, -0.2) is 22.4 Å². The summed E-state index contributed by atoms with van der Waals surface area (Å²) in [6.07, 6.45) is 3.55. The quantitative estimate of drug-likeness (QED) is 0.599. The van der Waals surface area contributed by atoms with E-state index in [2.05, 4.69) is 5.10 Å². The van der Waals surface area contributed by atoms with E-state index >= 15 is 0 Å². The van der Waals surface area contributed by atoms with Crippen molar-refractivity contribution in [2.75, 3.05) is 5.75 Å². The average molecular weight is 388 g/mol. The van der Waals surface area contributed by atoms with Gasteiger partial charge in [0.2, 0.25) is 0 Å². The van der Waals surface area contributed by atoms with E-state index in [1.807, 2.05) is 0 Å². The summed E-state index contributed by atoms with van der Waals surface area (Å²) in [7, 11) is 0. The number of hydrogen-bond acceptors (Lipinski definition) is 5. The summed E-state index contributed by atoms with van der Waals surface area (Å²) in [6.45, 7) is 0. The third-order valence-corrected chi connectivity index (χ3v) is 5.08. The molecule has 4 rings (SSSR count). The number of carbonyl (C=O) groups is 1. The molecule has 3 heterocycles. The Kier molecular flexibility index (Phi) is 4.81. The van der Waals surface area contributed by atoms with Gasteiger partial charge in [0.05, 0.1) is 18.3 Å². The Labute approximate surface area is 157 Å². The molecule has 27 heavy (non-hydrogen) atoms. The Morgan fingerprint density at radius 2 is 1.96 bits per heavy atom. The molecule has 0 N–H and O–H groups in total. The molecule has 0 radical (unpaired) electrons. The second-order valence-corrected chi connectivity index (χ2v) is 6.91. The van der Waals surface area contributed by atoms with Crippen LogP contribution >= 0.6 is 11.8 Å². The lowest BCUT2D eigenvalue weighted by molar-refractivity contribution is -0.130. The zero-order valence-corrected chi connectivity index (χ0v) is 14.8. The first-order chi connectivity index (χ1) is 13.1. The number of furan rings is 2. The van der Waals surface area contributed by atoms with Gasteiger partial charge in [0.1, 0.15) is 23.3 Å². The van der Waals surface area contributed by atoms with Gasteiger partial charge in [-0.05, 0) is 42.5 Å². The zero-order chi connectivity index (χ0) is 18.8. The minimum atomic E-state index is -0.944. The molecule has 1 unspecified atom stereocenters. The Hall–Kier alpha value is -2.87. The molecule has 1 aliphatic heterocycles. The number of carbonyl (C=O) groups excluding carboxylic acids is 1. The Morgan fingerprint density at radius 1 is 1.15 bits per heavy atom. The van der Waals surface area contributed by atoms with Crippen molar-refractivity contribution in [3.05, 3.63) is 78.1 Å². The molecule has 1 aliphatic rings. The molecule has 2 aromatic heterocycles. The van der Waals surface area contributed by atoms with Gasteiger partial charge in [-0.1, -0.05) is 0 Å². The molecule has 1 aromatic carbocycles. The fourth-order valence-electron chi connectivity index (χ4n) is 2.81. The summed E-state index contributed by atoms with van der Waals surface area (Å²) >= 11 is 1.12. The minimum absolute atomic E-state index is 0.0250. The summed E-state index contributed by atoms with van der Waals surface area (Å²) in [5, 5.41) is 5.78. The van der Waals surface area contributed by atoms with Crippen LogP contribution in [0.25, 0.3) is 0 Å². The number of benzene rings is 1. The molecular formula is C19H14F2N2O3S. The van der Waals surface area contributed by atoms with E-state index in [0.717, 1.165) is 23.9 Å². The van der Waals surface area contributed by atoms with Crippen molar-refractivity contribution >= 4 is 23.4 Å². The van der Waals surface area contributed by atoms with Gasteiger partial charge in [0, 0.05) is 11.3 Å². The molecule has 0 saturated heterocycles. The van der Waals surface area contributed by atoms with Gasteiger partial charge in [0.15, 0.2) is 11.6 Å². The molecule has 8 heteroatoms. The molecule has 0 fully saturated rings. The maximum atomic E-state index is 13.3. The van der Waals surface area contributed by atoms with Crippen molar-refractivity contribution < 1.29 is 22.4 Å². The number of thioether (sulfide) groups is 1. The largest absolute Gasteiger partial charge is 0.467 e. The van der Waals surface area contributed by atoms with Crippen molar-refractivity contribution in [1.29, 1.82) is 0 Å². The van der Waals surface area contributed by atoms with Crippen LogP contribution in [0.15, 0.2) is 73.8 Å². The number of hydrogen-bond donors (Lipinski definition) is 0. The number of halogens is 2. The van der Waals surface area contributed by atoms with E-state index in [0.29, 0.717) is 28.5 Å². The fourth-order valence-corrected chi connectivity index (χ4v) is 3.59. The highest BCUT2D eigenvalue weighted by molar-refractivity contribution is 8.00. The van der Waals surface area contributed by atoms with Crippen molar-refractivity contribution in [2.45, 2.75) is 17.4 Å². The summed E-state index contributed by atoms with van der Waals surface area (Å²) in [5.41, 5.74) is 0.646. The fraction of sp³-hybridized carbons (Fsp3) is 0.158. The second-order valence-electron chi connectivity index (χ2n) is 5.86. The van der Waals surface area contributed by atoms with Crippen LogP contribution in [0.4, 0.5) is 8.78 Å². The van der Waals surface area contributed by atoms with Crippen LogP contribution < -0.4 is 0 Å². The molecule has 0 spiro atoms. The summed E-state index contributed by atoms with van der Waals surface area (Å²) in [5.74, 6) is -0.901. The Morgan fingerprint density at radius 3 is 2.67 bits per heavy atom. The zero-order valence-electron chi connectivity index (χ0n) is 14.0. The van der Waals surface area contributed by atoms with Crippen LogP contribution in [0.1, 0.15) is 24.0 Å². The first-order valence-corrected chi connectivity index (χ1v) is 9.15. The van der Waals surface area contributed by atoms with Gasteiger partial charge in [-0.2, -0.15) is 5.10 Å². The topological polar surface area (TPSA) is 59.0 Å². The molecule has 3 aromatic rings. The van der Waals surface area contributed by atoms with Crippen LogP contribution in [0, 0.1) is 11.6 Å². The SMILES string of the molecule is O=C(CSc1ccc(F)c(F)c1)N1N=C(c2ccco2)CC1c1ccco1. The van der Waals surface area contributed by atoms with Gasteiger partial charge in [-0.3, -0.25) is 4.79 Å². The summed E-state index contributed by atoms with van der Waals surface area (Å²) in [4.78, 5) is 13.2. The highest BCUT2D eigenvalue weighted by atomic mass is 32.2. The predicted molar refractivity (Wildman–Crippen MR) is 95.2 cm³/mol. The maximum Gasteiger partial charge on any atom is 0.253 e. The Balaban J connectivity index is 1.52. The average Bonchev–Trinajstić information content (AvgIpc) is 3.41. The van der Waals surface area contributed by atoms with E-state index in [9.17, 15) is 13.6 Å². The van der Waals surface area contributed by atoms with E-state index < -0.39 is 11.6 Å². The monoisotopic (exact) mass is 388 g/mol. The van der Waals surface area contributed by atoms with E-state index in [1.165, 1.54) is 11.1 Å². The van der Waals surface area contributed by atoms with Crippen molar-refractivity contribution in [2.24, 2.45) is 5.10 Å². The third-order valence-electron chi connectivity index (χ3n) is 4.10. The Bertz CT molecular complexity index is 971. The van der Waals surface area contributed by atoms with Crippen molar-refractivity contribution in [3.63, 3.8) is 0 Å². The predicted octanol–water partition coefficient (Wildman–Crippen LogP) is 4.62. The van der Waals surface area contributed by atoms with E-state index in [1.54, 1.807) is 36.8 Å². The third kappa shape index (κ3) is 3.66. The lowest BCUT2D eigenvalue weighted by atomic mass is 10.1. The number of nitrogens with zero attached hydrogens (tertiary/aromatic N) is 2.